The van der Waals surface area contributed by atoms with Crippen molar-refractivity contribution < 1.29 is 33.3 Å². The van der Waals surface area contributed by atoms with Crippen molar-refractivity contribution in [2.24, 2.45) is 11.8 Å². The number of para-hydroxylation sites is 2. The molecule has 3 atom stereocenters. The minimum atomic E-state index is -1.32. The zero-order chi connectivity index (χ0) is 31.8. The maximum atomic E-state index is 14.6. The molecule has 0 radical (unpaired) electrons. The summed E-state index contributed by atoms with van der Waals surface area (Å²) in [6.45, 7) is 0.195. The molecule has 0 aromatic heterocycles. The Morgan fingerprint density at radius 1 is 0.826 bits per heavy atom. The largest absolute Gasteiger partial charge is 0.497 e. The van der Waals surface area contributed by atoms with Crippen LogP contribution in [0.1, 0.15) is 41.0 Å². The first-order valence-electron chi connectivity index (χ1n) is 15.3. The summed E-state index contributed by atoms with van der Waals surface area (Å²) in [5.74, 6) is 0.853. The van der Waals surface area contributed by atoms with E-state index in [1.54, 1.807) is 26.4 Å². The summed E-state index contributed by atoms with van der Waals surface area (Å²) in [5.41, 5.74) is 2.14. The number of rotatable bonds is 10. The Bertz CT molecular complexity index is 1740. The molecule has 0 spiro atoms. The summed E-state index contributed by atoms with van der Waals surface area (Å²) in [6.07, 6.45) is 0.692. The Balaban J connectivity index is 1.19. The second-order valence-corrected chi connectivity index (χ2v) is 12.0. The van der Waals surface area contributed by atoms with Crippen LogP contribution in [-0.2, 0) is 27.5 Å². The summed E-state index contributed by atoms with van der Waals surface area (Å²) in [7, 11) is 3.18. The van der Waals surface area contributed by atoms with E-state index in [0.29, 0.717) is 29.4 Å². The van der Waals surface area contributed by atoms with Gasteiger partial charge in [0.1, 0.15) is 35.1 Å². The highest BCUT2D eigenvalue weighted by Gasteiger charge is 2.66. The van der Waals surface area contributed by atoms with E-state index in [1.807, 2.05) is 84.9 Å². The Kier molecular flexibility index (Phi) is 7.60. The van der Waals surface area contributed by atoms with Crippen LogP contribution in [0.3, 0.4) is 0 Å². The van der Waals surface area contributed by atoms with Crippen LogP contribution in [-0.4, -0.2) is 42.6 Å². The van der Waals surface area contributed by atoms with E-state index in [-0.39, 0.29) is 37.4 Å². The van der Waals surface area contributed by atoms with Gasteiger partial charge in [-0.2, -0.15) is 0 Å². The zero-order valence-electron chi connectivity index (χ0n) is 25.6. The molecule has 234 valence electrons. The summed E-state index contributed by atoms with van der Waals surface area (Å²) >= 11 is 0. The quantitative estimate of drug-likeness (QED) is 0.167. The molecule has 3 amide bonds. The third-order valence-electron chi connectivity index (χ3n) is 9.30. The number of esters is 1. The highest BCUT2D eigenvalue weighted by atomic mass is 16.5. The molecule has 1 N–H and O–H groups in total. The van der Waals surface area contributed by atoms with Crippen molar-refractivity contribution in [3.05, 3.63) is 119 Å². The Morgan fingerprint density at radius 3 is 1.98 bits per heavy atom. The van der Waals surface area contributed by atoms with Gasteiger partial charge >= 0.3 is 12.0 Å². The van der Waals surface area contributed by atoms with Gasteiger partial charge in [-0.25, -0.2) is 4.79 Å². The molecule has 4 aromatic carbocycles. The molecule has 9 heteroatoms. The average Bonchev–Trinajstić information content (AvgIpc) is 3.87. The second kappa shape index (κ2) is 11.9. The smallest absolute Gasteiger partial charge is 0.325 e. The molecule has 2 aliphatic heterocycles. The number of benzene rings is 4. The van der Waals surface area contributed by atoms with Gasteiger partial charge in [0.2, 0.25) is 0 Å². The van der Waals surface area contributed by atoms with E-state index in [2.05, 4.69) is 5.32 Å². The van der Waals surface area contributed by atoms with Crippen LogP contribution < -0.4 is 19.5 Å². The van der Waals surface area contributed by atoms with Crippen molar-refractivity contribution in [1.82, 2.24) is 10.2 Å². The van der Waals surface area contributed by atoms with Gasteiger partial charge in [0, 0.05) is 23.0 Å². The van der Waals surface area contributed by atoms with E-state index in [0.717, 1.165) is 22.3 Å². The van der Waals surface area contributed by atoms with E-state index in [9.17, 15) is 14.4 Å². The van der Waals surface area contributed by atoms with Crippen molar-refractivity contribution in [2.75, 3.05) is 14.2 Å². The summed E-state index contributed by atoms with van der Waals surface area (Å²) < 4.78 is 22.4. The van der Waals surface area contributed by atoms with E-state index < -0.39 is 23.4 Å². The molecule has 3 aliphatic rings. The average molecular weight is 619 g/mol. The topological polar surface area (TPSA) is 103 Å². The van der Waals surface area contributed by atoms with E-state index in [1.165, 1.54) is 4.90 Å². The minimum Gasteiger partial charge on any atom is -0.497 e. The van der Waals surface area contributed by atoms with Crippen molar-refractivity contribution in [1.29, 1.82) is 0 Å². The lowest BCUT2D eigenvalue weighted by molar-refractivity contribution is -0.147. The maximum Gasteiger partial charge on any atom is 0.325 e. The van der Waals surface area contributed by atoms with Crippen LogP contribution in [0.2, 0.25) is 0 Å². The standard InChI is InChI=1S/C37H34N2O7/c1-43-25-15-11-23(12-16-25)21-39-35(41)37(38-36(39)42,31-19-29(31)34(40)45-22-24-13-17-26(44-2)18-14-24)20-30-27-7-3-5-9-32(27)46-33-10-6-4-8-28(30)33/h3-18,29-31H,19-22H2,1-2H3,(H,38,42)/t29-,31-,37-/m0/s1. The van der Waals surface area contributed by atoms with Crippen LogP contribution in [0, 0.1) is 11.8 Å². The summed E-state index contributed by atoms with van der Waals surface area (Å²) in [4.78, 5) is 42.9. The number of hydrogen-bond acceptors (Lipinski definition) is 7. The number of carbonyl (C=O) groups is 3. The van der Waals surface area contributed by atoms with Gasteiger partial charge in [0.15, 0.2) is 0 Å². The molecular formula is C37H34N2O7. The molecule has 1 aliphatic carbocycles. The lowest BCUT2D eigenvalue weighted by Crippen LogP contribution is -2.51. The number of ether oxygens (including phenoxy) is 4. The monoisotopic (exact) mass is 618 g/mol. The molecule has 2 fully saturated rings. The second-order valence-electron chi connectivity index (χ2n) is 12.0. The molecule has 7 rings (SSSR count). The lowest BCUT2D eigenvalue weighted by Gasteiger charge is -2.35. The van der Waals surface area contributed by atoms with Crippen molar-refractivity contribution in [2.45, 2.75) is 37.5 Å². The number of amides is 3. The SMILES string of the molecule is COc1ccc(COC(=O)[C@H]2C[C@@H]2[C@]2(CC3c4ccccc4Oc4ccccc43)NC(=O)N(Cc3ccc(OC)cc3)C2=O)cc1. The highest BCUT2D eigenvalue weighted by molar-refractivity contribution is 6.08. The van der Waals surface area contributed by atoms with Crippen LogP contribution in [0.25, 0.3) is 0 Å². The lowest BCUT2D eigenvalue weighted by atomic mass is 9.75. The molecule has 9 nitrogen and oxygen atoms in total. The van der Waals surface area contributed by atoms with Gasteiger partial charge in [0.05, 0.1) is 26.7 Å². The van der Waals surface area contributed by atoms with Crippen molar-refractivity contribution in [3.63, 3.8) is 0 Å². The van der Waals surface area contributed by atoms with Crippen LogP contribution in [0.4, 0.5) is 4.79 Å². The summed E-state index contributed by atoms with van der Waals surface area (Å²) in [6, 6.07) is 29.6. The first-order valence-corrected chi connectivity index (χ1v) is 15.3. The third kappa shape index (κ3) is 5.31. The van der Waals surface area contributed by atoms with Crippen LogP contribution in [0.5, 0.6) is 23.0 Å². The number of fused-ring (bicyclic) bond motifs is 2. The predicted molar refractivity (Wildman–Crippen MR) is 169 cm³/mol. The molecule has 0 unspecified atom stereocenters. The van der Waals surface area contributed by atoms with Crippen LogP contribution >= 0.6 is 0 Å². The van der Waals surface area contributed by atoms with Crippen LogP contribution in [0.15, 0.2) is 97.1 Å². The third-order valence-corrected chi connectivity index (χ3v) is 9.30. The number of urea groups is 1. The van der Waals surface area contributed by atoms with Gasteiger partial charge in [-0.1, -0.05) is 60.7 Å². The predicted octanol–water partition coefficient (Wildman–Crippen LogP) is 6.20. The number of methoxy groups -OCH3 is 2. The number of nitrogens with zero attached hydrogens (tertiary/aromatic N) is 1. The van der Waals surface area contributed by atoms with E-state index in [4.69, 9.17) is 18.9 Å². The Morgan fingerprint density at radius 2 is 1.39 bits per heavy atom. The van der Waals surface area contributed by atoms with Crippen molar-refractivity contribution >= 4 is 17.9 Å². The van der Waals surface area contributed by atoms with Gasteiger partial charge in [0.25, 0.3) is 5.91 Å². The first kappa shape index (κ1) is 29.4. The highest BCUT2D eigenvalue weighted by Crippen LogP contribution is 2.56. The zero-order valence-corrected chi connectivity index (χ0v) is 25.6. The van der Waals surface area contributed by atoms with E-state index >= 15 is 0 Å². The minimum absolute atomic E-state index is 0.0939. The molecule has 46 heavy (non-hydrogen) atoms. The molecule has 0 bridgehead atoms. The van der Waals surface area contributed by atoms with Gasteiger partial charge in [-0.05, 0) is 60.4 Å². The number of imide groups is 1. The molecule has 1 saturated heterocycles. The fraction of sp³-hybridized carbons (Fsp3) is 0.270. The maximum absolute atomic E-state index is 14.6. The molecule has 2 heterocycles. The van der Waals surface area contributed by atoms with Gasteiger partial charge in [-0.15, -0.1) is 0 Å². The number of carbonyl (C=O) groups excluding carboxylic acids is 3. The molecule has 4 aromatic rings. The molecular weight excluding hydrogens is 584 g/mol. The van der Waals surface area contributed by atoms with Gasteiger partial charge < -0.3 is 24.3 Å². The van der Waals surface area contributed by atoms with Crippen molar-refractivity contribution in [3.8, 4) is 23.0 Å². The fourth-order valence-corrected chi connectivity index (χ4v) is 6.78. The number of nitrogens with one attached hydrogen (secondary N) is 1. The molecule has 1 saturated carbocycles. The normalized spacial score (nSPS) is 21.5. The summed E-state index contributed by atoms with van der Waals surface area (Å²) in [5, 5.41) is 3.10. The first-order chi connectivity index (χ1) is 22.4. The fourth-order valence-electron chi connectivity index (χ4n) is 6.78. The Hall–Kier alpha value is -5.31. The Labute approximate surface area is 267 Å². The van der Waals surface area contributed by atoms with Gasteiger partial charge in [-0.3, -0.25) is 14.5 Å². The number of hydrogen-bond donors (Lipinski definition) is 1.